The Bertz CT molecular complexity index is 323. The van der Waals surface area contributed by atoms with Crippen LogP contribution in [0.15, 0.2) is 18.2 Å². The molecule has 1 heterocycles. The van der Waals surface area contributed by atoms with Crippen LogP contribution in [0.25, 0.3) is 0 Å². The molecule has 0 radical (unpaired) electrons. The second-order valence-electron chi connectivity index (χ2n) is 3.91. The summed E-state index contributed by atoms with van der Waals surface area (Å²) in [7, 11) is -0.729. The maximum atomic E-state index is 5.64. The Hall–Kier alpha value is -0.963. The van der Waals surface area contributed by atoms with Gasteiger partial charge in [-0.1, -0.05) is 24.3 Å². The molecule has 0 fully saturated rings. The Labute approximate surface area is 86.5 Å². The van der Waals surface area contributed by atoms with Gasteiger partial charge in [-0.05, 0) is 12.1 Å². The summed E-state index contributed by atoms with van der Waals surface area (Å²) < 4.78 is 11.2. The van der Waals surface area contributed by atoms with Gasteiger partial charge in [0, 0.05) is 6.42 Å². The minimum absolute atomic E-state index is 0.729. The lowest BCUT2D eigenvalue weighted by molar-refractivity contribution is 0.297. The van der Waals surface area contributed by atoms with Crippen molar-refractivity contribution in [2.24, 2.45) is 0 Å². The fourth-order valence-corrected chi connectivity index (χ4v) is 2.50. The summed E-state index contributed by atoms with van der Waals surface area (Å²) in [5, 5.41) is 1.44. The highest BCUT2D eigenvalue weighted by Crippen LogP contribution is 2.27. The highest BCUT2D eigenvalue weighted by molar-refractivity contribution is 6.70. The lowest BCUT2D eigenvalue weighted by atomic mass is 10.3. The van der Waals surface area contributed by atoms with Crippen molar-refractivity contribution in [1.82, 2.24) is 0 Å². The second kappa shape index (κ2) is 4.05. The topological polar surface area (TPSA) is 18.5 Å². The molecule has 1 aromatic rings. The summed E-state index contributed by atoms with van der Waals surface area (Å²) >= 11 is 0. The zero-order valence-electron chi connectivity index (χ0n) is 8.75. The van der Waals surface area contributed by atoms with Crippen LogP contribution in [-0.2, 0) is 0 Å². The fourth-order valence-electron chi connectivity index (χ4n) is 1.54. The summed E-state index contributed by atoms with van der Waals surface area (Å²) in [5.74, 6) is 1.84. The molecule has 0 aromatic heterocycles. The van der Waals surface area contributed by atoms with Crippen molar-refractivity contribution in [3.63, 3.8) is 0 Å². The van der Waals surface area contributed by atoms with Crippen LogP contribution in [0.2, 0.25) is 13.1 Å². The summed E-state index contributed by atoms with van der Waals surface area (Å²) in [4.78, 5) is 0. The van der Waals surface area contributed by atoms with Gasteiger partial charge in [0.2, 0.25) is 0 Å². The van der Waals surface area contributed by atoms with Gasteiger partial charge in [0.1, 0.15) is 0 Å². The molecule has 2 nitrogen and oxygen atoms in total. The highest BCUT2D eigenvalue weighted by Gasteiger charge is 2.11. The molecule has 0 spiro atoms. The van der Waals surface area contributed by atoms with E-state index in [2.05, 4.69) is 25.2 Å². The average molecular weight is 208 g/mol. The van der Waals surface area contributed by atoms with Gasteiger partial charge in [0.15, 0.2) is 11.5 Å². The molecule has 0 amide bonds. The third-order valence-corrected chi connectivity index (χ3v) is 4.13. The van der Waals surface area contributed by atoms with Gasteiger partial charge in [-0.3, -0.25) is 0 Å². The molecule has 0 unspecified atom stereocenters. The van der Waals surface area contributed by atoms with Gasteiger partial charge < -0.3 is 9.47 Å². The van der Waals surface area contributed by atoms with E-state index in [1.54, 1.807) is 0 Å². The van der Waals surface area contributed by atoms with Gasteiger partial charge in [-0.25, -0.2) is 0 Å². The number of hydrogen-bond acceptors (Lipinski definition) is 2. The number of ether oxygens (including phenoxy) is 2. The van der Waals surface area contributed by atoms with Crippen LogP contribution in [0, 0.1) is 0 Å². The Kier molecular flexibility index (Phi) is 2.77. The predicted molar refractivity (Wildman–Crippen MR) is 60.6 cm³/mol. The van der Waals surface area contributed by atoms with E-state index in [0.29, 0.717) is 0 Å². The van der Waals surface area contributed by atoms with Crippen molar-refractivity contribution in [2.45, 2.75) is 19.5 Å². The van der Waals surface area contributed by atoms with Gasteiger partial charge in [-0.15, -0.1) is 0 Å². The van der Waals surface area contributed by atoms with Gasteiger partial charge in [-0.2, -0.15) is 0 Å². The standard InChI is InChI=1S/C11H16O2Si/c1-14(2)9-4-5-10-11(8-9)13-7-3-6-12-10/h4-5,8,14H,3,6-7H2,1-2H3. The Morgan fingerprint density at radius 3 is 2.50 bits per heavy atom. The minimum atomic E-state index is -0.729. The Balaban J connectivity index is 2.32. The van der Waals surface area contributed by atoms with Crippen LogP contribution in [0.3, 0.4) is 0 Å². The highest BCUT2D eigenvalue weighted by atomic mass is 28.3. The third kappa shape index (κ3) is 1.92. The number of benzene rings is 1. The van der Waals surface area contributed by atoms with Crippen molar-refractivity contribution < 1.29 is 9.47 Å². The van der Waals surface area contributed by atoms with Crippen LogP contribution in [-0.4, -0.2) is 22.0 Å². The average Bonchev–Trinajstić information content (AvgIpc) is 2.41. The quantitative estimate of drug-likeness (QED) is 0.652. The molecule has 3 heteroatoms. The zero-order valence-corrected chi connectivity index (χ0v) is 9.90. The lowest BCUT2D eigenvalue weighted by Crippen LogP contribution is -2.22. The van der Waals surface area contributed by atoms with Gasteiger partial charge in [0.05, 0.1) is 22.0 Å². The van der Waals surface area contributed by atoms with Crippen LogP contribution in [0.5, 0.6) is 11.5 Å². The number of rotatable bonds is 1. The van der Waals surface area contributed by atoms with Crippen molar-refractivity contribution >= 4 is 14.0 Å². The van der Waals surface area contributed by atoms with E-state index >= 15 is 0 Å². The van der Waals surface area contributed by atoms with Crippen molar-refractivity contribution in [2.75, 3.05) is 13.2 Å². The molecule has 0 aliphatic carbocycles. The third-order valence-electron chi connectivity index (χ3n) is 2.44. The molecule has 14 heavy (non-hydrogen) atoms. The van der Waals surface area contributed by atoms with E-state index in [0.717, 1.165) is 31.1 Å². The molecule has 0 N–H and O–H groups in total. The minimum Gasteiger partial charge on any atom is -0.490 e. The largest absolute Gasteiger partial charge is 0.490 e. The number of fused-ring (bicyclic) bond motifs is 1. The first-order valence-corrected chi connectivity index (χ1v) is 8.05. The first-order valence-electron chi connectivity index (χ1n) is 5.17. The van der Waals surface area contributed by atoms with E-state index < -0.39 is 8.80 Å². The first kappa shape index (κ1) is 9.59. The maximum Gasteiger partial charge on any atom is 0.161 e. The molecule has 1 aromatic carbocycles. The zero-order chi connectivity index (χ0) is 9.97. The van der Waals surface area contributed by atoms with E-state index in [4.69, 9.17) is 9.47 Å². The smallest absolute Gasteiger partial charge is 0.161 e. The normalized spacial score (nSPS) is 15.4. The molecule has 0 saturated carbocycles. The SMILES string of the molecule is C[SiH](C)c1ccc2c(c1)OCCCO2. The van der Waals surface area contributed by atoms with Crippen LogP contribution in [0.4, 0.5) is 0 Å². The summed E-state index contributed by atoms with van der Waals surface area (Å²) in [5.41, 5.74) is 0. The fraction of sp³-hybridized carbons (Fsp3) is 0.455. The van der Waals surface area contributed by atoms with Crippen LogP contribution >= 0.6 is 0 Å². The molecule has 1 aliphatic heterocycles. The maximum absolute atomic E-state index is 5.64. The summed E-state index contributed by atoms with van der Waals surface area (Å²) in [6.45, 7) is 6.18. The molecule has 0 atom stereocenters. The Morgan fingerprint density at radius 2 is 1.79 bits per heavy atom. The molecule has 0 bridgehead atoms. The second-order valence-corrected chi connectivity index (χ2v) is 6.89. The monoisotopic (exact) mass is 208 g/mol. The molecule has 2 rings (SSSR count). The lowest BCUT2D eigenvalue weighted by Gasteiger charge is -2.10. The number of hydrogen-bond donors (Lipinski definition) is 0. The van der Waals surface area contributed by atoms with Crippen molar-refractivity contribution in [3.05, 3.63) is 18.2 Å². The van der Waals surface area contributed by atoms with Crippen LogP contribution < -0.4 is 14.7 Å². The molecular formula is C11H16O2Si. The van der Waals surface area contributed by atoms with E-state index in [1.807, 2.05) is 6.07 Å². The summed E-state index contributed by atoms with van der Waals surface area (Å²) in [6, 6.07) is 6.37. The summed E-state index contributed by atoms with van der Waals surface area (Å²) in [6.07, 6.45) is 0.975. The molecule has 0 saturated heterocycles. The predicted octanol–water partition coefficient (Wildman–Crippen LogP) is 1.54. The molecular weight excluding hydrogens is 192 g/mol. The van der Waals surface area contributed by atoms with Gasteiger partial charge in [0.25, 0.3) is 0 Å². The van der Waals surface area contributed by atoms with E-state index in [1.165, 1.54) is 5.19 Å². The van der Waals surface area contributed by atoms with Crippen LogP contribution in [0.1, 0.15) is 6.42 Å². The van der Waals surface area contributed by atoms with Gasteiger partial charge >= 0.3 is 0 Å². The first-order chi connectivity index (χ1) is 6.77. The molecule has 76 valence electrons. The van der Waals surface area contributed by atoms with E-state index in [9.17, 15) is 0 Å². The molecule has 1 aliphatic rings. The van der Waals surface area contributed by atoms with Crippen molar-refractivity contribution in [3.8, 4) is 11.5 Å². The van der Waals surface area contributed by atoms with Crippen molar-refractivity contribution in [1.29, 1.82) is 0 Å². The Morgan fingerprint density at radius 1 is 1.07 bits per heavy atom. The van der Waals surface area contributed by atoms with E-state index in [-0.39, 0.29) is 0 Å².